The summed E-state index contributed by atoms with van der Waals surface area (Å²) < 4.78 is 8.14. The van der Waals surface area contributed by atoms with Crippen LogP contribution in [0.2, 0.25) is 0 Å². The third kappa shape index (κ3) is 1.60. The third-order valence-electron chi connectivity index (χ3n) is 4.99. The molecule has 0 aromatic carbocycles. The Morgan fingerprint density at radius 3 is 2.50 bits per heavy atom. The summed E-state index contributed by atoms with van der Waals surface area (Å²) >= 11 is 0. The molecular weight excluding hydrogens is 224 g/mol. The van der Waals surface area contributed by atoms with Crippen molar-refractivity contribution in [2.45, 2.75) is 58.6 Å². The fourth-order valence-corrected chi connectivity index (χ4v) is 3.65. The zero-order valence-electron chi connectivity index (χ0n) is 11.7. The molecule has 1 N–H and O–H groups in total. The van der Waals surface area contributed by atoms with Crippen LogP contribution in [0.5, 0.6) is 0 Å². The maximum atomic E-state index is 5.90. The van der Waals surface area contributed by atoms with Crippen molar-refractivity contribution in [3.05, 3.63) is 23.5 Å². The SMILES string of the molecule is CCOC1CC(Nn2c(C)ccc2C)C12CCC2. The predicted molar refractivity (Wildman–Crippen MR) is 73.4 cm³/mol. The van der Waals surface area contributed by atoms with E-state index in [1.54, 1.807) is 0 Å². The summed E-state index contributed by atoms with van der Waals surface area (Å²) in [4.78, 5) is 0. The highest BCUT2D eigenvalue weighted by Crippen LogP contribution is 2.57. The van der Waals surface area contributed by atoms with E-state index < -0.39 is 0 Å². The Bertz CT molecular complexity index is 414. The number of nitrogens with one attached hydrogen (secondary N) is 1. The highest BCUT2D eigenvalue weighted by atomic mass is 16.5. The summed E-state index contributed by atoms with van der Waals surface area (Å²) in [7, 11) is 0. The number of hydrogen-bond donors (Lipinski definition) is 1. The molecule has 1 heterocycles. The van der Waals surface area contributed by atoms with Gasteiger partial charge in [-0.15, -0.1) is 0 Å². The van der Waals surface area contributed by atoms with Crippen LogP contribution in [-0.4, -0.2) is 23.4 Å². The first-order chi connectivity index (χ1) is 8.67. The maximum absolute atomic E-state index is 5.90. The van der Waals surface area contributed by atoms with Crippen LogP contribution in [0.25, 0.3) is 0 Å². The molecule has 0 radical (unpaired) electrons. The van der Waals surface area contributed by atoms with E-state index in [0.717, 1.165) is 13.0 Å². The quantitative estimate of drug-likeness (QED) is 0.886. The molecule has 1 aromatic rings. The van der Waals surface area contributed by atoms with Gasteiger partial charge in [-0.1, -0.05) is 6.42 Å². The van der Waals surface area contributed by atoms with E-state index in [2.05, 4.69) is 43.0 Å². The van der Waals surface area contributed by atoms with Crippen LogP contribution in [0.1, 0.15) is 44.0 Å². The number of aromatic nitrogens is 1. The Balaban J connectivity index is 1.72. The minimum absolute atomic E-state index is 0.430. The lowest BCUT2D eigenvalue weighted by Crippen LogP contribution is -2.66. The fourth-order valence-electron chi connectivity index (χ4n) is 3.65. The van der Waals surface area contributed by atoms with Gasteiger partial charge in [0.05, 0.1) is 12.1 Å². The van der Waals surface area contributed by atoms with E-state index >= 15 is 0 Å². The first-order valence-corrected chi connectivity index (χ1v) is 7.20. The molecule has 3 nitrogen and oxygen atoms in total. The zero-order valence-corrected chi connectivity index (χ0v) is 11.7. The van der Waals surface area contributed by atoms with Crippen molar-refractivity contribution in [3.8, 4) is 0 Å². The molecule has 2 aliphatic rings. The van der Waals surface area contributed by atoms with Crippen LogP contribution in [0.15, 0.2) is 12.1 Å². The standard InChI is InChI=1S/C15H24N2O/c1-4-18-14-10-13(15(14)8-5-9-15)16-17-11(2)6-7-12(17)3/h6-7,13-14,16H,4-5,8-10H2,1-3H3. The monoisotopic (exact) mass is 248 g/mol. The summed E-state index contributed by atoms with van der Waals surface area (Å²) in [5.74, 6) is 0. The second-order valence-electron chi connectivity index (χ2n) is 5.90. The van der Waals surface area contributed by atoms with E-state index in [1.807, 2.05) is 0 Å². The summed E-state index contributed by atoms with van der Waals surface area (Å²) in [6.45, 7) is 7.27. The largest absolute Gasteiger partial charge is 0.378 e. The minimum atomic E-state index is 0.430. The third-order valence-corrected chi connectivity index (χ3v) is 4.99. The number of ether oxygens (including phenoxy) is 1. The van der Waals surface area contributed by atoms with Gasteiger partial charge in [0.15, 0.2) is 0 Å². The van der Waals surface area contributed by atoms with Gasteiger partial charge >= 0.3 is 0 Å². The van der Waals surface area contributed by atoms with Crippen LogP contribution >= 0.6 is 0 Å². The number of aryl methyl sites for hydroxylation is 2. The van der Waals surface area contributed by atoms with Gasteiger partial charge in [0.1, 0.15) is 0 Å². The Kier molecular flexibility index (Phi) is 2.89. The minimum Gasteiger partial charge on any atom is -0.378 e. The first kappa shape index (κ1) is 12.1. The average Bonchev–Trinajstić information content (AvgIpc) is 2.56. The van der Waals surface area contributed by atoms with E-state index in [1.165, 1.54) is 30.7 Å². The van der Waals surface area contributed by atoms with Crippen molar-refractivity contribution in [2.24, 2.45) is 5.41 Å². The fraction of sp³-hybridized carbons (Fsp3) is 0.733. The highest BCUT2D eigenvalue weighted by Gasteiger charge is 2.59. The van der Waals surface area contributed by atoms with Gasteiger partial charge < -0.3 is 10.2 Å². The van der Waals surface area contributed by atoms with Gasteiger partial charge in [-0.25, -0.2) is 0 Å². The van der Waals surface area contributed by atoms with Crippen LogP contribution in [0, 0.1) is 19.3 Å². The van der Waals surface area contributed by atoms with Gasteiger partial charge in [-0.3, -0.25) is 4.68 Å². The first-order valence-electron chi connectivity index (χ1n) is 7.20. The molecular formula is C15H24N2O. The van der Waals surface area contributed by atoms with Gasteiger partial charge in [-0.2, -0.15) is 0 Å². The Hall–Kier alpha value is -0.960. The van der Waals surface area contributed by atoms with Crippen molar-refractivity contribution in [1.29, 1.82) is 0 Å². The van der Waals surface area contributed by atoms with Gasteiger partial charge in [0.2, 0.25) is 0 Å². The highest BCUT2D eigenvalue weighted by molar-refractivity contribution is 5.21. The molecule has 0 aliphatic heterocycles. The molecule has 0 bridgehead atoms. The lowest BCUT2D eigenvalue weighted by Gasteiger charge is -2.61. The van der Waals surface area contributed by atoms with Crippen molar-refractivity contribution in [3.63, 3.8) is 0 Å². The van der Waals surface area contributed by atoms with Crippen molar-refractivity contribution >= 4 is 0 Å². The molecule has 0 amide bonds. The van der Waals surface area contributed by atoms with Crippen LogP contribution in [0.3, 0.4) is 0 Å². The predicted octanol–water partition coefficient (Wildman–Crippen LogP) is 3.00. The van der Waals surface area contributed by atoms with E-state index in [0.29, 0.717) is 17.6 Å². The van der Waals surface area contributed by atoms with Crippen molar-refractivity contribution < 1.29 is 4.74 Å². The van der Waals surface area contributed by atoms with E-state index in [9.17, 15) is 0 Å². The van der Waals surface area contributed by atoms with Gasteiger partial charge in [0.25, 0.3) is 0 Å². The Labute approximate surface area is 109 Å². The second kappa shape index (κ2) is 4.30. The smallest absolute Gasteiger partial charge is 0.0671 e. The Morgan fingerprint density at radius 2 is 2.00 bits per heavy atom. The lowest BCUT2D eigenvalue weighted by atomic mass is 9.51. The molecule has 1 aromatic heterocycles. The van der Waals surface area contributed by atoms with E-state index in [-0.39, 0.29) is 0 Å². The second-order valence-corrected chi connectivity index (χ2v) is 5.90. The van der Waals surface area contributed by atoms with E-state index in [4.69, 9.17) is 4.74 Å². The molecule has 18 heavy (non-hydrogen) atoms. The van der Waals surface area contributed by atoms with Crippen LogP contribution in [0.4, 0.5) is 0 Å². The molecule has 2 saturated carbocycles. The normalized spacial score (nSPS) is 28.8. The van der Waals surface area contributed by atoms with Crippen LogP contribution in [-0.2, 0) is 4.74 Å². The Morgan fingerprint density at radius 1 is 1.33 bits per heavy atom. The average molecular weight is 248 g/mol. The lowest BCUT2D eigenvalue weighted by molar-refractivity contribution is -0.160. The summed E-state index contributed by atoms with van der Waals surface area (Å²) in [6, 6.07) is 4.94. The summed E-state index contributed by atoms with van der Waals surface area (Å²) in [6.07, 6.45) is 5.67. The van der Waals surface area contributed by atoms with Crippen LogP contribution < -0.4 is 5.43 Å². The molecule has 3 heteroatoms. The maximum Gasteiger partial charge on any atom is 0.0671 e. The topological polar surface area (TPSA) is 26.2 Å². The summed E-state index contributed by atoms with van der Waals surface area (Å²) in [5.41, 5.74) is 6.73. The van der Waals surface area contributed by atoms with Gasteiger partial charge in [0, 0.05) is 23.4 Å². The summed E-state index contributed by atoms with van der Waals surface area (Å²) in [5, 5.41) is 0. The molecule has 2 atom stereocenters. The van der Waals surface area contributed by atoms with Crippen molar-refractivity contribution in [1.82, 2.24) is 4.68 Å². The zero-order chi connectivity index (χ0) is 12.8. The molecule has 3 rings (SSSR count). The molecule has 2 unspecified atom stereocenters. The number of hydrogen-bond acceptors (Lipinski definition) is 2. The molecule has 0 saturated heterocycles. The molecule has 1 spiro atoms. The van der Waals surface area contributed by atoms with Crippen molar-refractivity contribution in [2.75, 3.05) is 12.0 Å². The molecule has 2 aliphatic carbocycles. The van der Waals surface area contributed by atoms with Gasteiger partial charge in [-0.05, 0) is 52.2 Å². The number of rotatable bonds is 4. The molecule has 100 valence electrons. The molecule has 2 fully saturated rings. The number of nitrogens with zero attached hydrogens (tertiary/aromatic N) is 1.